The fourth-order valence-corrected chi connectivity index (χ4v) is 2.19. The molecule has 110 valence electrons. The largest absolute Gasteiger partial charge is 0.0882 e. The fraction of sp³-hybridized carbons (Fsp3) is 0.500. The van der Waals surface area contributed by atoms with Crippen molar-refractivity contribution in [2.45, 2.75) is 64.7 Å². The maximum atomic E-state index is 2.33. The molecule has 0 spiro atoms. The van der Waals surface area contributed by atoms with Crippen LogP contribution >= 0.6 is 0 Å². The monoisotopic (exact) mass is 270 g/mol. The predicted octanol–water partition coefficient (Wildman–Crippen LogP) is 6.68. The van der Waals surface area contributed by atoms with E-state index in [-0.39, 0.29) is 0 Å². The van der Waals surface area contributed by atoms with E-state index in [1.165, 1.54) is 50.5 Å². The van der Waals surface area contributed by atoms with E-state index < -0.39 is 0 Å². The molecule has 1 aliphatic rings. The number of rotatable bonds is 11. The van der Waals surface area contributed by atoms with Gasteiger partial charge in [0.25, 0.3) is 0 Å². The lowest BCUT2D eigenvalue weighted by molar-refractivity contribution is 0.728. The molecule has 0 heteroatoms. The SMILES string of the molecule is CCCCC/C=C\C/C=C\CCC/C=C/C1=CC=CC1. The Kier molecular flexibility index (Phi) is 10.7. The van der Waals surface area contributed by atoms with E-state index in [2.05, 4.69) is 61.6 Å². The minimum absolute atomic E-state index is 1.10. The molecule has 20 heavy (non-hydrogen) atoms. The molecule has 0 N–H and O–H groups in total. The molecule has 1 aliphatic carbocycles. The number of unbranched alkanes of at least 4 members (excludes halogenated alkanes) is 5. The zero-order chi connectivity index (χ0) is 14.3. The quantitative estimate of drug-likeness (QED) is 0.290. The van der Waals surface area contributed by atoms with Crippen molar-refractivity contribution in [1.82, 2.24) is 0 Å². The van der Waals surface area contributed by atoms with Crippen LogP contribution in [-0.4, -0.2) is 0 Å². The summed E-state index contributed by atoms with van der Waals surface area (Å²) in [6, 6.07) is 0. The summed E-state index contributed by atoms with van der Waals surface area (Å²) in [5.74, 6) is 0. The van der Waals surface area contributed by atoms with Gasteiger partial charge in [-0.3, -0.25) is 0 Å². The van der Waals surface area contributed by atoms with Gasteiger partial charge in [-0.05, 0) is 50.5 Å². The van der Waals surface area contributed by atoms with Gasteiger partial charge in [0.15, 0.2) is 0 Å². The van der Waals surface area contributed by atoms with Gasteiger partial charge >= 0.3 is 0 Å². The lowest BCUT2D eigenvalue weighted by Crippen LogP contribution is -1.73. The van der Waals surface area contributed by atoms with E-state index in [4.69, 9.17) is 0 Å². The van der Waals surface area contributed by atoms with E-state index in [9.17, 15) is 0 Å². The zero-order valence-corrected chi connectivity index (χ0v) is 13.1. The topological polar surface area (TPSA) is 0 Å². The second-order valence-electron chi connectivity index (χ2n) is 5.38. The summed E-state index contributed by atoms with van der Waals surface area (Å²) >= 11 is 0. The number of hydrogen-bond donors (Lipinski definition) is 0. The maximum absolute atomic E-state index is 2.33. The molecule has 0 saturated heterocycles. The molecule has 0 saturated carbocycles. The highest BCUT2D eigenvalue weighted by atomic mass is 14.0. The van der Waals surface area contributed by atoms with Crippen LogP contribution < -0.4 is 0 Å². The first-order chi connectivity index (χ1) is 9.93. The Morgan fingerprint density at radius 2 is 1.65 bits per heavy atom. The van der Waals surface area contributed by atoms with Crippen molar-refractivity contribution in [2.75, 3.05) is 0 Å². The van der Waals surface area contributed by atoms with Crippen LogP contribution in [0.25, 0.3) is 0 Å². The minimum Gasteiger partial charge on any atom is -0.0882 e. The van der Waals surface area contributed by atoms with E-state index >= 15 is 0 Å². The lowest BCUT2D eigenvalue weighted by atomic mass is 10.1. The van der Waals surface area contributed by atoms with Crippen LogP contribution in [0.5, 0.6) is 0 Å². The minimum atomic E-state index is 1.10. The molecule has 0 aromatic rings. The lowest BCUT2D eigenvalue weighted by Gasteiger charge is -1.93. The standard InChI is InChI=1S/C20H30/c1-2-3-4-5-6-7-8-9-10-11-12-13-14-17-20-18-15-16-19-20/h6-7,9-10,14-18H,2-5,8,11-13,19H2,1H3/b7-6-,10-9-,17-14+. The molecule has 0 radical (unpaired) electrons. The third-order valence-corrected chi connectivity index (χ3v) is 3.45. The Morgan fingerprint density at radius 1 is 0.900 bits per heavy atom. The van der Waals surface area contributed by atoms with Crippen LogP contribution in [0.4, 0.5) is 0 Å². The summed E-state index contributed by atoms with van der Waals surface area (Å²) in [5.41, 5.74) is 1.44. The van der Waals surface area contributed by atoms with Crippen LogP contribution in [0.2, 0.25) is 0 Å². The molecule has 0 aromatic carbocycles. The van der Waals surface area contributed by atoms with Gasteiger partial charge in [0.2, 0.25) is 0 Å². The average Bonchev–Trinajstić information content (AvgIpc) is 2.97. The third-order valence-electron chi connectivity index (χ3n) is 3.45. The molecule has 0 aromatic heterocycles. The van der Waals surface area contributed by atoms with Crippen molar-refractivity contribution in [3.8, 4) is 0 Å². The van der Waals surface area contributed by atoms with E-state index in [1.807, 2.05) is 0 Å². The van der Waals surface area contributed by atoms with E-state index in [0.717, 1.165) is 12.8 Å². The molecule has 0 amide bonds. The molecule has 0 fully saturated rings. The van der Waals surface area contributed by atoms with Crippen molar-refractivity contribution in [2.24, 2.45) is 0 Å². The summed E-state index contributed by atoms with van der Waals surface area (Å²) in [7, 11) is 0. The van der Waals surface area contributed by atoms with Gasteiger partial charge in [-0.15, -0.1) is 0 Å². The Hall–Kier alpha value is -1.30. The molecule has 0 heterocycles. The van der Waals surface area contributed by atoms with Gasteiger partial charge in [0, 0.05) is 0 Å². The maximum Gasteiger partial charge on any atom is -0.00944 e. The Morgan fingerprint density at radius 3 is 2.35 bits per heavy atom. The Bertz CT molecular complexity index is 363. The van der Waals surface area contributed by atoms with Crippen LogP contribution in [-0.2, 0) is 0 Å². The van der Waals surface area contributed by atoms with Gasteiger partial charge in [0.05, 0.1) is 0 Å². The van der Waals surface area contributed by atoms with Gasteiger partial charge in [-0.2, -0.15) is 0 Å². The molecule has 0 aliphatic heterocycles. The second kappa shape index (κ2) is 12.7. The second-order valence-corrected chi connectivity index (χ2v) is 5.38. The van der Waals surface area contributed by atoms with Crippen LogP contribution in [0.3, 0.4) is 0 Å². The van der Waals surface area contributed by atoms with Gasteiger partial charge in [-0.25, -0.2) is 0 Å². The Balaban J connectivity index is 1.89. The molecule has 0 bridgehead atoms. The van der Waals surface area contributed by atoms with Crippen LogP contribution in [0.1, 0.15) is 64.7 Å². The number of hydrogen-bond acceptors (Lipinski definition) is 0. The molecule has 0 unspecified atom stereocenters. The summed E-state index contributed by atoms with van der Waals surface area (Å²) in [4.78, 5) is 0. The zero-order valence-electron chi connectivity index (χ0n) is 13.1. The molecular formula is C20H30. The van der Waals surface area contributed by atoms with Crippen molar-refractivity contribution < 1.29 is 0 Å². The predicted molar refractivity (Wildman–Crippen MR) is 91.9 cm³/mol. The van der Waals surface area contributed by atoms with Crippen LogP contribution in [0, 0.1) is 0 Å². The highest BCUT2D eigenvalue weighted by Gasteiger charge is 1.92. The highest BCUT2D eigenvalue weighted by Crippen LogP contribution is 2.12. The molecular weight excluding hydrogens is 240 g/mol. The normalized spacial score (nSPS) is 15.2. The number of allylic oxidation sites excluding steroid dienone is 10. The average molecular weight is 270 g/mol. The van der Waals surface area contributed by atoms with E-state index in [0.29, 0.717) is 0 Å². The van der Waals surface area contributed by atoms with Crippen molar-refractivity contribution in [3.63, 3.8) is 0 Å². The first-order valence-electron chi connectivity index (χ1n) is 8.25. The summed E-state index contributed by atoms with van der Waals surface area (Å²) in [6.45, 7) is 2.25. The first kappa shape index (κ1) is 16.8. The highest BCUT2D eigenvalue weighted by molar-refractivity contribution is 5.31. The smallest absolute Gasteiger partial charge is 0.00944 e. The van der Waals surface area contributed by atoms with Crippen molar-refractivity contribution in [3.05, 3.63) is 60.3 Å². The first-order valence-corrected chi connectivity index (χ1v) is 8.25. The van der Waals surface area contributed by atoms with Crippen LogP contribution in [0.15, 0.2) is 60.3 Å². The molecule has 1 rings (SSSR count). The molecule has 0 atom stereocenters. The van der Waals surface area contributed by atoms with Gasteiger partial charge < -0.3 is 0 Å². The summed E-state index contributed by atoms with van der Waals surface area (Å²) in [6.07, 6.45) is 31.5. The fourth-order valence-electron chi connectivity index (χ4n) is 2.19. The van der Waals surface area contributed by atoms with E-state index in [1.54, 1.807) is 0 Å². The third kappa shape index (κ3) is 9.61. The molecule has 0 nitrogen and oxygen atoms in total. The van der Waals surface area contributed by atoms with Crippen molar-refractivity contribution >= 4 is 0 Å². The van der Waals surface area contributed by atoms with Gasteiger partial charge in [0.1, 0.15) is 0 Å². The van der Waals surface area contributed by atoms with Gasteiger partial charge in [-0.1, -0.05) is 74.4 Å². The summed E-state index contributed by atoms with van der Waals surface area (Å²) in [5, 5.41) is 0. The Labute approximate surface area is 125 Å². The van der Waals surface area contributed by atoms with Crippen molar-refractivity contribution in [1.29, 1.82) is 0 Å². The summed E-state index contributed by atoms with van der Waals surface area (Å²) < 4.78 is 0.